The van der Waals surface area contributed by atoms with Crippen LogP contribution in [0.25, 0.3) is 55.2 Å². The predicted octanol–water partition coefficient (Wildman–Crippen LogP) is 6.62. The molecule has 0 radical (unpaired) electrons. The number of benzene rings is 1. The number of anilines is 1. The van der Waals surface area contributed by atoms with Gasteiger partial charge in [0.1, 0.15) is 11.4 Å². The highest BCUT2D eigenvalue weighted by Gasteiger charge is 2.22. The molecule has 0 saturated carbocycles. The van der Waals surface area contributed by atoms with E-state index < -0.39 is 5.82 Å². The Bertz CT molecular complexity index is 1920. The Morgan fingerprint density at radius 3 is 2.70 bits per heavy atom. The number of para-hydroxylation sites is 1. The molecule has 9 nitrogen and oxygen atoms in total. The van der Waals surface area contributed by atoms with E-state index in [1.807, 2.05) is 38.1 Å². The van der Waals surface area contributed by atoms with Crippen LogP contribution in [0.1, 0.15) is 36.9 Å². The van der Waals surface area contributed by atoms with E-state index in [0.717, 1.165) is 16.0 Å². The van der Waals surface area contributed by atoms with Crippen molar-refractivity contribution in [2.45, 2.75) is 27.2 Å². The Morgan fingerprint density at radius 1 is 1.07 bits per heavy atom. The third-order valence-electron chi connectivity index (χ3n) is 6.39. The van der Waals surface area contributed by atoms with Gasteiger partial charge in [-0.25, -0.2) is 9.37 Å². The van der Waals surface area contributed by atoms with Crippen molar-refractivity contribution in [1.82, 2.24) is 30.1 Å². The number of hydrogen-bond acceptors (Lipinski definition) is 7. The van der Waals surface area contributed by atoms with E-state index in [-0.39, 0.29) is 28.7 Å². The standard InChI is InChI=1S/C29H24FN7O2S/c1-14(2)9-23(39)33-17-10-16(11-31-12-17)26-25(30)24-20(13-32-26)36-37-28(24)29-34-19-6-4-5-18(27(19)35-29)22-8-7-21(40-22)15(3)38/h4-8,10-14H,9H2,1-3H3,(H,33,39)(H,34,35)(H,36,37). The molecule has 3 N–H and O–H groups in total. The molecule has 0 fully saturated rings. The maximum Gasteiger partial charge on any atom is 0.224 e. The summed E-state index contributed by atoms with van der Waals surface area (Å²) in [7, 11) is 0. The van der Waals surface area contributed by atoms with Gasteiger partial charge in [0.2, 0.25) is 5.91 Å². The van der Waals surface area contributed by atoms with Crippen LogP contribution in [-0.2, 0) is 4.79 Å². The number of carbonyl (C=O) groups excluding carboxylic acids is 2. The fraction of sp³-hybridized carbons (Fsp3) is 0.172. The number of halogens is 1. The molecule has 1 amide bonds. The fourth-order valence-electron chi connectivity index (χ4n) is 4.58. The number of carbonyl (C=O) groups is 2. The molecule has 11 heteroatoms. The maximum atomic E-state index is 16.1. The Kier molecular flexibility index (Phi) is 6.43. The average molecular weight is 554 g/mol. The van der Waals surface area contributed by atoms with E-state index in [0.29, 0.717) is 45.1 Å². The van der Waals surface area contributed by atoms with Crippen molar-refractivity contribution in [1.29, 1.82) is 0 Å². The minimum absolute atomic E-state index is 0.00713. The van der Waals surface area contributed by atoms with Crippen LogP contribution in [0.3, 0.4) is 0 Å². The molecule has 0 aliphatic carbocycles. The van der Waals surface area contributed by atoms with Crippen molar-refractivity contribution in [3.63, 3.8) is 0 Å². The number of Topliss-reactive ketones (excluding diaryl/α,β-unsaturated/α-hetero) is 1. The van der Waals surface area contributed by atoms with Crippen LogP contribution in [0, 0.1) is 11.7 Å². The molecule has 6 aromatic rings. The minimum Gasteiger partial charge on any atom is -0.337 e. The number of amides is 1. The van der Waals surface area contributed by atoms with Gasteiger partial charge in [0, 0.05) is 28.6 Å². The lowest BCUT2D eigenvalue weighted by atomic mass is 10.1. The molecule has 6 rings (SSSR count). The molecule has 0 atom stereocenters. The molecule has 200 valence electrons. The summed E-state index contributed by atoms with van der Waals surface area (Å²) < 4.78 is 16.1. The van der Waals surface area contributed by atoms with Gasteiger partial charge < -0.3 is 10.3 Å². The largest absolute Gasteiger partial charge is 0.337 e. The number of nitrogens with one attached hydrogen (secondary N) is 3. The maximum absolute atomic E-state index is 16.1. The van der Waals surface area contributed by atoms with E-state index in [9.17, 15) is 9.59 Å². The number of aromatic nitrogens is 6. The number of aromatic amines is 2. The third-order valence-corrected chi connectivity index (χ3v) is 7.61. The topological polar surface area (TPSA) is 129 Å². The van der Waals surface area contributed by atoms with Gasteiger partial charge in [-0.3, -0.25) is 24.7 Å². The second-order valence-corrected chi connectivity index (χ2v) is 11.0. The Balaban J connectivity index is 1.41. The molecule has 0 spiro atoms. The van der Waals surface area contributed by atoms with Crippen LogP contribution in [0.15, 0.2) is 55.0 Å². The summed E-state index contributed by atoms with van der Waals surface area (Å²) in [5.41, 5.74) is 3.98. The Hall–Kier alpha value is -4.77. The lowest BCUT2D eigenvalue weighted by Crippen LogP contribution is -2.14. The monoisotopic (exact) mass is 553 g/mol. The summed E-state index contributed by atoms with van der Waals surface area (Å²) >= 11 is 1.40. The first-order valence-corrected chi connectivity index (χ1v) is 13.5. The molecular formula is C29H24FN7O2S. The number of fused-ring (bicyclic) bond motifs is 2. The molecule has 5 aromatic heterocycles. The highest BCUT2D eigenvalue weighted by Crippen LogP contribution is 2.36. The number of nitrogens with zero attached hydrogens (tertiary/aromatic N) is 4. The first-order chi connectivity index (χ1) is 19.3. The highest BCUT2D eigenvalue weighted by atomic mass is 32.1. The molecule has 1 aromatic carbocycles. The SMILES string of the molecule is CC(=O)c1ccc(-c2cccc3[nH]c(-c4n[nH]c5cnc(-c6cncc(NC(=O)CC(C)C)c6)c(F)c45)nc23)s1. The van der Waals surface area contributed by atoms with Crippen LogP contribution in [0.4, 0.5) is 10.1 Å². The molecule has 0 aliphatic rings. The van der Waals surface area contributed by atoms with Crippen LogP contribution < -0.4 is 5.32 Å². The van der Waals surface area contributed by atoms with Crippen LogP contribution in [0.5, 0.6) is 0 Å². The van der Waals surface area contributed by atoms with Gasteiger partial charge in [-0.15, -0.1) is 11.3 Å². The van der Waals surface area contributed by atoms with Crippen LogP contribution in [0.2, 0.25) is 0 Å². The van der Waals surface area contributed by atoms with Crippen molar-refractivity contribution in [2.24, 2.45) is 5.92 Å². The average Bonchev–Trinajstić information content (AvgIpc) is 3.66. The van der Waals surface area contributed by atoms with Gasteiger partial charge in [-0.1, -0.05) is 26.0 Å². The van der Waals surface area contributed by atoms with Gasteiger partial charge in [0.15, 0.2) is 17.4 Å². The second kappa shape index (κ2) is 10.1. The molecule has 5 heterocycles. The predicted molar refractivity (Wildman–Crippen MR) is 154 cm³/mol. The highest BCUT2D eigenvalue weighted by molar-refractivity contribution is 7.17. The summed E-state index contributed by atoms with van der Waals surface area (Å²) in [6.07, 6.45) is 4.89. The van der Waals surface area contributed by atoms with Gasteiger partial charge in [-0.05, 0) is 37.1 Å². The molecule has 0 bridgehead atoms. The second-order valence-electron chi connectivity index (χ2n) is 9.90. The van der Waals surface area contributed by atoms with Crippen LogP contribution >= 0.6 is 11.3 Å². The molecule has 0 saturated heterocycles. The lowest BCUT2D eigenvalue weighted by molar-refractivity contribution is -0.116. The zero-order valence-corrected chi connectivity index (χ0v) is 22.7. The van der Waals surface area contributed by atoms with Gasteiger partial charge in [0.25, 0.3) is 0 Å². The summed E-state index contributed by atoms with van der Waals surface area (Å²) in [5.74, 6) is -0.124. The molecule has 0 unspecified atom stereocenters. The number of imidazole rings is 1. The third kappa shape index (κ3) is 4.64. The first-order valence-electron chi connectivity index (χ1n) is 12.7. The molecule has 0 aliphatic heterocycles. The molecular weight excluding hydrogens is 529 g/mol. The van der Waals surface area contributed by atoms with Gasteiger partial charge in [0.05, 0.1) is 44.9 Å². The number of ketones is 1. The van der Waals surface area contributed by atoms with E-state index in [2.05, 4.69) is 30.5 Å². The zero-order valence-electron chi connectivity index (χ0n) is 21.9. The first kappa shape index (κ1) is 25.5. The van der Waals surface area contributed by atoms with Crippen LogP contribution in [-0.4, -0.2) is 41.8 Å². The van der Waals surface area contributed by atoms with E-state index in [1.165, 1.54) is 29.9 Å². The minimum atomic E-state index is -0.584. The summed E-state index contributed by atoms with van der Waals surface area (Å²) in [5, 5.41) is 10.2. The molecule has 40 heavy (non-hydrogen) atoms. The van der Waals surface area contributed by atoms with E-state index in [4.69, 9.17) is 4.98 Å². The van der Waals surface area contributed by atoms with E-state index >= 15 is 4.39 Å². The zero-order chi connectivity index (χ0) is 28.0. The van der Waals surface area contributed by atoms with Crippen molar-refractivity contribution in [3.05, 3.63) is 65.7 Å². The summed E-state index contributed by atoms with van der Waals surface area (Å²) in [6.45, 7) is 5.46. The number of pyridine rings is 2. The van der Waals surface area contributed by atoms with Crippen molar-refractivity contribution >= 4 is 50.7 Å². The lowest BCUT2D eigenvalue weighted by Gasteiger charge is -2.09. The fourth-order valence-corrected chi connectivity index (χ4v) is 5.51. The normalized spacial score (nSPS) is 11.5. The summed E-state index contributed by atoms with van der Waals surface area (Å²) in [4.78, 5) is 42.2. The van der Waals surface area contributed by atoms with E-state index in [1.54, 1.807) is 19.1 Å². The Morgan fingerprint density at radius 2 is 1.93 bits per heavy atom. The Labute approximate surface area is 231 Å². The summed E-state index contributed by atoms with van der Waals surface area (Å²) in [6, 6.07) is 11.1. The smallest absolute Gasteiger partial charge is 0.224 e. The van der Waals surface area contributed by atoms with Crippen molar-refractivity contribution < 1.29 is 14.0 Å². The van der Waals surface area contributed by atoms with Crippen molar-refractivity contribution in [3.8, 4) is 33.2 Å². The van der Waals surface area contributed by atoms with Gasteiger partial charge >= 0.3 is 0 Å². The quantitative estimate of drug-likeness (QED) is 0.191. The number of thiophene rings is 1. The number of H-pyrrole nitrogens is 2. The van der Waals surface area contributed by atoms with Crippen molar-refractivity contribution in [2.75, 3.05) is 5.32 Å². The number of hydrogen-bond donors (Lipinski definition) is 3. The van der Waals surface area contributed by atoms with Gasteiger partial charge in [-0.2, -0.15) is 5.10 Å². The number of rotatable bonds is 7.